The average Bonchev–Trinajstić information content (AvgIpc) is 2.82. The van der Waals surface area contributed by atoms with Gasteiger partial charge in [-0.25, -0.2) is 4.98 Å². The van der Waals surface area contributed by atoms with Gasteiger partial charge in [-0.3, -0.25) is 14.9 Å². The summed E-state index contributed by atoms with van der Waals surface area (Å²) in [6.45, 7) is 5.33. The summed E-state index contributed by atoms with van der Waals surface area (Å²) in [6, 6.07) is 18.5. The number of aromatic nitrogens is 3. The minimum absolute atomic E-state index is 0.0347. The predicted molar refractivity (Wildman–Crippen MR) is 122 cm³/mol. The first-order chi connectivity index (χ1) is 15.3. The van der Waals surface area contributed by atoms with Crippen molar-refractivity contribution in [2.75, 3.05) is 25.0 Å². The van der Waals surface area contributed by atoms with E-state index in [1.807, 2.05) is 49.6 Å². The molecule has 0 radical (unpaired) electrons. The molecule has 1 saturated heterocycles. The van der Waals surface area contributed by atoms with Crippen molar-refractivity contribution in [2.45, 2.75) is 19.6 Å². The van der Waals surface area contributed by atoms with E-state index in [4.69, 9.17) is 4.74 Å². The molecule has 156 valence electrons. The van der Waals surface area contributed by atoms with Crippen molar-refractivity contribution in [2.24, 2.45) is 0 Å². The summed E-state index contributed by atoms with van der Waals surface area (Å²) in [7, 11) is 0. The van der Waals surface area contributed by atoms with E-state index >= 15 is 0 Å². The Balaban J connectivity index is 1.27. The second-order valence-electron chi connectivity index (χ2n) is 7.85. The van der Waals surface area contributed by atoms with Crippen molar-refractivity contribution >= 4 is 22.4 Å². The lowest BCUT2D eigenvalue weighted by Gasteiger charge is -2.33. The van der Waals surface area contributed by atoms with Crippen LogP contribution in [-0.2, 0) is 11.3 Å². The first-order valence-electron chi connectivity index (χ1n) is 10.6. The molecule has 0 bridgehead atoms. The van der Waals surface area contributed by atoms with Crippen LogP contribution in [0.2, 0.25) is 0 Å². The molecule has 0 unspecified atom stereocenters. The zero-order valence-corrected chi connectivity index (χ0v) is 17.5. The Labute approximate surface area is 181 Å². The molecule has 31 heavy (non-hydrogen) atoms. The van der Waals surface area contributed by atoms with Crippen LogP contribution in [0, 0.1) is 6.92 Å². The van der Waals surface area contributed by atoms with E-state index in [1.165, 1.54) is 10.9 Å². The Bertz CT molecular complexity index is 1170. The van der Waals surface area contributed by atoms with E-state index in [0.29, 0.717) is 6.61 Å². The molecule has 6 nitrogen and oxygen atoms in total. The van der Waals surface area contributed by atoms with Gasteiger partial charge >= 0.3 is 0 Å². The molecule has 1 N–H and O–H groups in total. The normalized spacial score (nSPS) is 17.0. The first kappa shape index (κ1) is 19.6. The molecule has 0 aliphatic carbocycles. The molecule has 4 heterocycles. The molecule has 6 heteroatoms. The predicted octanol–water partition coefficient (Wildman–Crippen LogP) is 4.65. The molecule has 1 aliphatic rings. The highest BCUT2D eigenvalue weighted by atomic mass is 16.5. The third-order valence-corrected chi connectivity index (χ3v) is 5.67. The first-order valence-corrected chi connectivity index (χ1v) is 10.6. The molecular weight excluding hydrogens is 386 g/mol. The van der Waals surface area contributed by atoms with Crippen molar-refractivity contribution in [3.05, 3.63) is 90.0 Å². The molecule has 0 amide bonds. The largest absolute Gasteiger partial charge is 0.369 e. The zero-order chi connectivity index (χ0) is 21.0. The highest BCUT2D eigenvalue weighted by Gasteiger charge is 2.23. The number of rotatable bonds is 5. The monoisotopic (exact) mass is 411 g/mol. The van der Waals surface area contributed by atoms with Crippen LogP contribution in [0.5, 0.6) is 0 Å². The Kier molecular flexibility index (Phi) is 5.56. The standard InChI is InChI=1S/C25H25N5O/c1-18-5-3-12-27-25(18)29-20-9-10-23(28-15-20)24-17-30(13-14-31-24)16-19-6-2-8-22-21(19)7-4-11-26-22/h2-12,15,24H,13-14,16-17H2,1H3,(H,27,29)/t24-/m1/s1. The van der Waals surface area contributed by atoms with Crippen LogP contribution >= 0.6 is 0 Å². The van der Waals surface area contributed by atoms with Gasteiger partial charge in [0.2, 0.25) is 0 Å². The fourth-order valence-electron chi connectivity index (χ4n) is 3.99. The summed E-state index contributed by atoms with van der Waals surface area (Å²) < 4.78 is 6.05. The zero-order valence-electron chi connectivity index (χ0n) is 17.5. The van der Waals surface area contributed by atoms with Crippen LogP contribution in [0.25, 0.3) is 10.9 Å². The summed E-state index contributed by atoms with van der Waals surface area (Å²) in [5, 5.41) is 4.54. The van der Waals surface area contributed by atoms with Gasteiger partial charge in [0.25, 0.3) is 0 Å². The maximum Gasteiger partial charge on any atom is 0.133 e. The number of benzene rings is 1. The molecular formula is C25H25N5O. The lowest BCUT2D eigenvalue weighted by atomic mass is 10.1. The average molecular weight is 412 g/mol. The van der Waals surface area contributed by atoms with Gasteiger partial charge in [-0.2, -0.15) is 0 Å². The van der Waals surface area contributed by atoms with Crippen molar-refractivity contribution in [1.82, 2.24) is 19.9 Å². The van der Waals surface area contributed by atoms with Crippen molar-refractivity contribution < 1.29 is 4.74 Å². The number of nitrogens with zero attached hydrogens (tertiary/aromatic N) is 4. The van der Waals surface area contributed by atoms with Gasteiger partial charge in [0.15, 0.2) is 0 Å². The smallest absolute Gasteiger partial charge is 0.133 e. The quantitative estimate of drug-likeness (QED) is 0.516. The number of fused-ring (bicyclic) bond motifs is 1. The Morgan fingerprint density at radius 2 is 1.90 bits per heavy atom. The second-order valence-corrected chi connectivity index (χ2v) is 7.85. The third kappa shape index (κ3) is 4.40. The van der Waals surface area contributed by atoms with Gasteiger partial charge in [0, 0.05) is 37.4 Å². The molecule has 1 aromatic carbocycles. The van der Waals surface area contributed by atoms with Crippen LogP contribution in [0.15, 0.2) is 73.2 Å². The summed E-state index contributed by atoms with van der Waals surface area (Å²) in [6.07, 6.45) is 5.44. The van der Waals surface area contributed by atoms with E-state index in [9.17, 15) is 0 Å². The van der Waals surface area contributed by atoms with Crippen LogP contribution in [0.4, 0.5) is 11.5 Å². The molecule has 1 fully saturated rings. The summed E-state index contributed by atoms with van der Waals surface area (Å²) in [5.41, 5.74) is 5.30. The SMILES string of the molecule is Cc1cccnc1Nc1ccc([C@H]2CN(Cc3cccc4ncccc34)CCO2)nc1. The third-order valence-electron chi connectivity index (χ3n) is 5.67. The summed E-state index contributed by atoms with van der Waals surface area (Å²) in [5.74, 6) is 0.849. The van der Waals surface area contributed by atoms with E-state index < -0.39 is 0 Å². The van der Waals surface area contributed by atoms with Gasteiger partial charge in [-0.15, -0.1) is 0 Å². The van der Waals surface area contributed by atoms with E-state index in [-0.39, 0.29) is 6.10 Å². The van der Waals surface area contributed by atoms with Crippen molar-refractivity contribution in [3.8, 4) is 0 Å². The summed E-state index contributed by atoms with van der Waals surface area (Å²) in [4.78, 5) is 16.0. The molecule has 4 aromatic rings. The van der Waals surface area contributed by atoms with Gasteiger partial charge in [-0.1, -0.05) is 24.3 Å². The number of nitrogens with one attached hydrogen (secondary N) is 1. The highest BCUT2D eigenvalue weighted by Crippen LogP contribution is 2.25. The van der Waals surface area contributed by atoms with Gasteiger partial charge in [-0.05, 0) is 48.4 Å². The number of pyridine rings is 3. The van der Waals surface area contributed by atoms with E-state index in [2.05, 4.69) is 49.4 Å². The highest BCUT2D eigenvalue weighted by molar-refractivity contribution is 5.81. The Morgan fingerprint density at radius 3 is 2.77 bits per heavy atom. The number of anilines is 2. The maximum atomic E-state index is 6.05. The number of hydrogen-bond acceptors (Lipinski definition) is 6. The Hall–Kier alpha value is -3.35. The number of hydrogen-bond donors (Lipinski definition) is 1. The van der Waals surface area contributed by atoms with Gasteiger partial charge < -0.3 is 10.1 Å². The minimum Gasteiger partial charge on any atom is -0.369 e. The van der Waals surface area contributed by atoms with Gasteiger partial charge in [0.1, 0.15) is 11.9 Å². The Morgan fingerprint density at radius 1 is 1.00 bits per heavy atom. The minimum atomic E-state index is -0.0347. The molecule has 1 atom stereocenters. The fourth-order valence-corrected chi connectivity index (χ4v) is 3.99. The number of aryl methyl sites for hydroxylation is 1. The van der Waals surface area contributed by atoms with E-state index in [0.717, 1.165) is 47.9 Å². The molecule has 1 aliphatic heterocycles. The summed E-state index contributed by atoms with van der Waals surface area (Å²) >= 11 is 0. The topological polar surface area (TPSA) is 63.2 Å². The van der Waals surface area contributed by atoms with E-state index in [1.54, 1.807) is 6.20 Å². The molecule has 5 rings (SSSR count). The van der Waals surface area contributed by atoms with Crippen LogP contribution in [-0.4, -0.2) is 39.5 Å². The van der Waals surface area contributed by atoms with Crippen molar-refractivity contribution in [1.29, 1.82) is 0 Å². The molecule has 0 saturated carbocycles. The second kappa shape index (κ2) is 8.79. The number of ether oxygens (including phenoxy) is 1. The maximum absolute atomic E-state index is 6.05. The van der Waals surface area contributed by atoms with Gasteiger partial charge in [0.05, 0.1) is 29.7 Å². The van der Waals surface area contributed by atoms with Crippen molar-refractivity contribution in [3.63, 3.8) is 0 Å². The lowest BCUT2D eigenvalue weighted by Crippen LogP contribution is -2.38. The lowest BCUT2D eigenvalue weighted by molar-refractivity contribution is -0.0348. The van der Waals surface area contributed by atoms with Crippen LogP contribution < -0.4 is 5.32 Å². The van der Waals surface area contributed by atoms with Crippen LogP contribution in [0.1, 0.15) is 22.9 Å². The molecule has 3 aromatic heterocycles. The fraction of sp³-hybridized carbons (Fsp3) is 0.240. The number of morpholine rings is 1. The van der Waals surface area contributed by atoms with Crippen LogP contribution in [0.3, 0.4) is 0 Å². The molecule has 0 spiro atoms.